The maximum atomic E-state index is 11.4. The van der Waals surface area contributed by atoms with Gasteiger partial charge in [-0.3, -0.25) is 9.59 Å². The molecule has 2 unspecified atom stereocenters. The first kappa shape index (κ1) is 29.1. The number of carbonyl (C=O) groups excluding carboxylic acids is 3. The third kappa shape index (κ3) is 16.5. The predicted octanol–water partition coefficient (Wildman–Crippen LogP) is 2.27. The molecule has 0 saturated carbocycles. The molecule has 166 valence electrons. The van der Waals surface area contributed by atoms with Gasteiger partial charge in [0.05, 0.1) is 0 Å². The highest BCUT2D eigenvalue weighted by Gasteiger charge is 2.08. The molecule has 9 heteroatoms. The van der Waals surface area contributed by atoms with E-state index in [2.05, 4.69) is 16.0 Å². The molecular weight excluding hydrogens is 440 g/mol. The Morgan fingerprint density at radius 1 is 0.966 bits per heavy atom. The van der Waals surface area contributed by atoms with E-state index in [1.165, 1.54) is 0 Å². The van der Waals surface area contributed by atoms with Gasteiger partial charge in [0.1, 0.15) is 6.61 Å². The van der Waals surface area contributed by atoms with Gasteiger partial charge < -0.3 is 26.4 Å². The van der Waals surface area contributed by atoms with Crippen molar-refractivity contribution in [2.45, 2.75) is 59.2 Å². The van der Waals surface area contributed by atoms with Crippen LogP contribution in [0.3, 0.4) is 0 Å². The van der Waals surface area contributed by atoms with E-state index in [4.69, 9.17) is 10.5 Å². The van der Waals surface area contributed by atoms with E-state index >= 15 is 0 Å². The van der Waals surface area contributed by atoms with E-state index in [0.29, 0.717) is 25.9 Å². The molecular formula is C20H35BrN4O4. The van der Waals surface area contributed by atoms with E-state index in [0.717, 1.165) is 5.56 Å². The summed E-state index contributed by atoms with van der Waals surface area (Å²) in [4.78, 5) is 33.2. The summed E-state index contributed by atoms with van der Waals surface area (Å²) in [7, 11) is 0. The van der Waals surface area contributed by atoms with Crippen LogP contribution in [0.25, 0.3) is 0 Å². The van der Waals surface area contributed by atoms with Crippen LogP contribution in [-0.2, 0) is 20.9 Å². The van der Waals surface area contributed by atoms with Gasteiger partial charge in [-0.2, -0.15) is 0 Å². The van der Waals surface area contributed by atoms with Crippen molar-refractivity contribution < 1.29 is 19.1 Å². The van der Waals surface area contributed by atoms with Gasteiger partial charge in [0, 0.05) is 38.0 Å². The normalized spacial score (nSPS) is 11.5. The van der Waals surface area contributed by atoms with Crippen LogP contribution in [0.4, 0.5) is 4.79 Å². The SMILES string of the molecule is Br.CCC(=O)NC(C)CN.CCC(=O)NC(C)CNC(=O)OCc1ccccc1. The van der Waals surface area contributed by atoms with Crippen molar-refractivity contribution in [2.75, 3.05) is 13.1 Å². The predicted molar refractivity (Wildman–Crippen MR) is 120 cm³/mol. The second-order valence-corrected chi connectivity index (χ2v) is 6.32. The average Bonchev–Trinajstić information content (AvgIpc) is 2.71. The molecule has 2 atom stereocenters. The molecule has 5 N–H and O–H groups in total. The maximum Gasteiger partial charge on any atom is 0.407 e. The van der Waals surface area contributed by atoms with Gasteiger partial charge in [0.2, 0.25) is 11.8 Å². The number of amides is 3. The topological polar surface area (TPSA) is 123 Å². The summed E-state index contributed by atoms with van der Waals surface area (Å²) >= 11 is 0. The van der Waals surface area contributed by atoms with E-state index < -0.39 is 6.09 Å². The summed E-state index contributed by atoms with van der Waals surface area (Å²) in [5, 5.41) is 8.07. The van der Waals surface area contributed by atoms with E-state index in [1.54, 1.807) is 6.92 Å². The number of nitrogens with two attached hydrogens (primary N) is 1. The third-order valence-corrected chi connectivity index (χ3v) is 3.58. The number of benzene rings is 1. The number of hydrogen-bond acceptors (Lipinski definition) is 5. The molecule has 0 fully saturated rings. The minimum Gasteiger partial charge on any atom is -0.445 e. The lowest BCUT2D eigenvalue weighted by atomic mass is 10.2. The summed E-state index contributed by atoms with van der Waals surface area (Å²) in [6, 6.07) is 9.45. The van der Waals surface area contributed by atoms with Gasteiger partial charge in [-0.15, -0.1) is 17.0 Å². The number of alkyl carbamates (subject to hydrolysis) is 1. The Hall–Kier alpha value is -2.13. The molecule has 0 bridgehead atoms. The molecule has 0 aromatic heterocycles. The molecule has 1 aromatic rings. The number of hydrogen-bond donors (Lipinski definition) is 4. The van der Waals surface area contributed by atoms with E-state index in [1.807, 2.05) is 51.1 Å². The maximum absolute atomic E-state index is 11.4. The van der Waals surface area contributed by atoms with Crippen molar-refractivity contribution in [1.82, 2.24) is 16.0 Å². The summed E-state index contributed by atoms with van der Waals surface area (Å²) in [5.41, 5.74) is 6.20. The fourth-order valence-electron chi connectivity index (χ4n) is 1.87. The monoisotopic (exact) mass is 474 g/mol. The number of rotatable bonds is 9. The van der Waals surface area contributed by atoms with Crippen molar-refractivity contribution in [3.63, 3.8) is 0 Å². The molecule has 0 saturated heterocycles. The molecule has 0 radical (unpaired) electrons. The molecule has 3 amide bonds. The number of ether oxygens (including phenoxy) is 1. The molecule has 0 aliphatic heterocycles. The number of halogens is 1. The lowest BCUT2D eigenvalue weighted by Gasteiger charge is -2.14. The van der Waals surface area contributed by atoms with Crippen LogP contribution in [0.5, 0.6) is 0 Å². The zero-order chi connectivity index (χ0) is 21.4. The first-order valence-electron chi connectivity index (χ1n) is 9.55. The summed E-state index contributed by atoms with van der Waals surface area (Å²) in [6.07, 6.45) is 0.481. The van der Waals surface area contributed by atoms with Gasteiger partial charge in [-0.25, -0.2) is 4.79 Å². The molecule has 1 rings (SSSR count). The van der Waals surface area contributed by atoms with Gasteiger partial charge in [-0.1, -0.05) is 44.2 Å². The zero-order valence-corrected chi connectivity index (χ0v) is 19.4. The number of carbonyl (C=O) groups is 3. The van der Waals surface area contributed by atoms with Crippen LogP contribution in [0, 0.1) is 0 Å². The van der Waals surface area contributed by atoms with Crippen LogP contribution in [0.2, 0.25) is 0 Å². The summed E-state index contributed by atoms with van der Waals surface area (Å²) in [6.45, 7) is 8.40. The van der Waals surface area contributed by atoms with Crippen molar-refractivity contribution in [3.8, 4) is 0 Å². The van der Waals surface area contributed by atoms with Gasteiger partial charge in [0.25, 0.3) is 0 Å². The highest BCUT2D eigenvalue weighted by molar-refractivity contribution is 8.93. The minimum atomic E-state index is -0.485. The first-order valence-corrected chi connectivity index (χ1v) is 9.55. The lowest BCUT2D eigenvalue weighted by Crippen LogP contribution is -2.41. The van der Waals surface area contributed by atoms with Crippen molar-refractivity contribution >= 4 is 34.9 Å². The Kier molecular flexibility index (Phi) is 18.0. The largest absolute Gasteiger partial charge is 0.445 e. The molecule has 0 aliphatic rings. The molecule has 1 aromatic carbocycles. The van der Waals surface area contributed by atoms with Crippen molar-refractivity contribution in [3.05, 3.63) is 35.9 Å². The van der Waals surface area contributed by atoms with Crippen LogP contribution >= 0.6 is 17.0 Å². The Morgan fingerprint density at radius 3 is 1.97 bits per heavy atom. The first-order chi connectivity index (χ1) is 13.3. The zero-order valence-electron chi connectivity index (χ0n) is 17.7. The summed E-state index contributed by atoms with van der Waals surface area (Å²) < 4.78 is 5.05. The Labute approximate surface area is 184 Å². The van der Waals surface area contributed by atoms with Gasteiger partial charge >= 0.3 is 6.09 Å². The Bertz CT molecular complexity index is 587. The molecule has 0 heterocycles. The quantitative estimate of drug-likeness (QED) is 0.437. The van der Waals surface area contributed by atoms with E-state index in [9.17, 15) is 14.4 Å². The van der Waals surface area contributed by atoms with Crippen LogP contribution in [0.1, 0.15) is 46.1 Å². The van der Waals surface area contributed by atoms with Crippen LogP contribution in [-0.4, -0.2) is 43.1 Å². The molecule has 29 heavy (non-hydrogen) atoms. The standard InChI is InChI=1S/C14H20N2O3.C6H14N2O.BrH/c1-3-13(17)16-11(2)9-15-14(18)19-10-12-7-5-4-6-8-12;1-3-6(9)8-5(2)4-7;/h4-8,11H,3,9-10H2,1-2H3,(H,15,18)(H,16,17);5H,3-4,7H2,1-2H3,(H,8,9);1H. The lowest BCUT2D eigenvalue weighted by molar-refractivity contribution is -0.122. The Morgan fingerprint density at radius 2 is 1.48 bits per heavy atom. The van der Waals surface area contributed by atoms with Gasteiger partial charge in [-0.05, 0) is 19.4 Å². The second-order valence-electron chi connectivity index (χ2n) is 6.32. The minimum absolute atomic E-state index is 0. The smallest absolute Gasteiger partial charge is 0.407 e. The van der Waals surface area contributed by atoms with Crippen LogP contribution in [0.15, 0.2) is 30.3 Å². The Balaban J connectivity index is 0. The summed E-state index contributed by atoms with van der Waals surface area (Å²) in [5.74, 6) is 0.0277. The molecule has 8 nitrogen and oxygen atoms in total. The fraction of sp³-hybridized carbons (Fsp3) is 0.550. The van der Waals surface area contributed by atoms with Gasteiger partial charge in [0.15, 0.2) is 0 Å². The molecule has 0 spiro atoms. The van der Waals surface area contributed by atoms with Crippen molar-refractivity contribution in [2.24, 2.45) is 5.73 Å². The third-order valence-electron chi connectivity index (χ3n) is 3.58. The highest BCUT2D eigenvalue weighted by Crippen LogP contribution is 2.00. The fourth-order valence-corrected chi connectivity index (χ4v) is 1.87. The van der Waals surface area contributed by atoms with Crippen molar-refractivity contribution in [1.29, 1.82) is 0 Å². The molecule has 0 aliphatic carbocycles. The second kappa shape index (κ2) is 17.9. The van der Waals surface area contributed by atoms with Crippen LogP contribution < -0.4 is 21.7 Å². The number of nitrogens with one attached hydrogen (secondary N) is 3. The average molecular weight is 475 g/mol. The van der Waals surface area contributed by atoms with E-state index in [-0.39, 0.29) is 47.5 Å². The highest BCUT2D eigenvalue weighted by atomic mass is 79.9.